The molecule has 1 aliphatic carbocycles. The average molecular weight is 771 g/mol. The van der Waals surface area contributed by atoms with Gasteiger partial charge in [0.05, 0.1) is 25.5 Å². The van der Waals surface area contributed by atoms with Crippen LogP contribution in [0.5, 0.6) is 0 Å². The number of Topliss-reactive ketones (excluding diaryl/α,β-unsaturated/α-hetero) is 2. The topological polar surface area (TPSA) is 121 Å². The molecule has 0 spiro atoms. The number of aliphatic imine (C=N–C) groups is 1. The van der Waals surface area contributed by atoms with Crippen molar-refractivity contribution in [2.75, 3.05) is 38.3 Å². The van der Waals surface area contributed by atoms with E-state index < -0.39 is 6.04 Å². The van der Waals surface area contributed by atoms with E-state index in [1.165, 1.54) is 4.88 Å². The van der Waals surface area contributed by atoms with Gasteiger partial charge < -0.3 is 14.8 Å². The normalized spacial score (nSPS) is 14.5. The number of aromatic nitrogens is 4. The Balaban J connectivity index is 0.00000481. The molecule has 1 N–H and O–H groups in total. The van der Waals surface area contributed by atoms with Gasteiger partial charge in [-0.15, -0.1) is 21.5 Å². The number of rotatable bonds is 15. The minimum atomic E-state index is -0.466. The molecule has 4 heterocycles. The summed E-state index contributed by atoms with van der Waals surface area (Å²) in [5, 5.41) is 13.9. The lowest BCUT2D eigenvalue weighted by Crippen LogP contribution is -2.14. The molecular weight excluding hydrogens is 728 g/mol. The molecule has 0 unspecified atom stereocenters. The van der Waals surface area contributed by atoms with E-state index in [-0.39, 0.29) is 31.5 Å². The molecule has 0 fully saturated rings. The highest BCUT2D eigenvalue weighted by atomic mass is 35.5. The van der Waals surface area contributed by atoms with Crippen LogP contribution in [0.4, 0.5) is 5.82 Å². The van der Waals surface area contributed by atoms with Crippen LogP contribution in [0, 0.1) is 20.8 Å². The molecule has 0 saturated heterocycles. The Kier molecular flexibility index (Phi) is 12.6. The summed E-state index contributed by atoms with van der Waals surface area (Å²) in [6, 6.07) is 17.4. The minimum Gasteiger partial charge on any atom is -0.379 e. The van der Waals surface area contributed by atoms with Crippen LogP contribution < -0.4 is 5.32 Å². The standard InChI is InChI=1S/C40H41ClN6O4S.H2S/c1-24-25(2)52-40-37(24)38(27-8-11-32(41)12-9-27)44-35(39-46-45-26(3)47(39)40)22-33(48)5-4-15-50-17-18-51-16-14-42-36-13-10-30(23-43-36)28-6-7-29-20-34(49)21-31(29)19-28;/h6-13,19,23,35H,4-5,14-18,20-22H2,1-3H3,(H,42,43);1H2/t35-;/m0./s1. The van der Waals surface area contributed by atoms with Gasteiger partial charge >= 0.3 is 0 Å². The number of hydrogen-bond donors (Lipinski definition) is 1. The number of fused-ring (bicyclic) bond motifs is 4. The van der Waals surface area contributed by atoms with Crippen molar-refractivity contribution in [3.8, 4) is 16.1 Å². The molecule has 0 radical (unpaired) electrons. The summed E-state index contributed by atoms with van der Waals surface area (Å²) in [4.78, 5) is 36.0. The van der Waals surface area contributed by atoms with E-state index in [0.29, 0.717) is 69.5 Å². The molecule has 10 nitrogen and oxygen atoms in total. The number of anilines is 1. The molecule has 2 aromatic carbocycles. The quantitative estimate of drug-likeness (QED) is 0.109. The van der Waals surface area contributed by atoms with Gasteiger partial charge in [0.2, 0.25) is 0 Å². The Morgan fingerprint density at radius 3 is 2.43 bits per heavy atom. The molecule has 1 aliphatic heterocycles. The van der Waals surface area contributed by atoms with Crippen molar-refractivity contribution < 1.29 is 19.1 Å². The summed E-state index contributed by atoms with van der Waals surface area (Å²) in [7, 11) is 0. The molecule has 53 heavy (non-hydrogen) atoms. The summed E-state index contributed by atoms with van der Waals surface area (Å²) in [6.07, 6.45) is 4.14. The van der Waals surface area contributed by atoms with Gasteiger partial charge in [-0.3, -0.25) is 19.1 Å². The number of carbonyl (C=O) groups excluding carboxylic acids is 2. The van der Waals surface area contributed by atoms with Crippen molar-refractivity contribution in [3.05, 3.63) is 110 Å². The minimum absolute atomic E-state index is 0. The molecule has 5 aromatic rings. The van der Waals surface area contributed by atoms with Crippen molar-refractivity contribution >= 4 is 59.5 Å². The van der Waals surface area contributed by atoms with E-state index in [9.17, 15) is 9.59 Å². The van der Waals surface area contributed by atoms with Gasteiger partial charge in [-0.2, -0.15) is 13.5 Å². The number of nitrogens with zero attached hydrogens (tertiary/aromatic N) is 5. The fourth-order valence-electron chi connectivity index (χ4n) is 6.69. The zero-order chi connectivity index (χ0) is 36.2. The van der Waals surface area contributed by atoms with Gasteiger partial charge in [0.1, 0.15) is 34.3 Å². The Bertz CT molecular complexity index is 2130. The summed E-state index contributed by atoms with van der Waals surface area (Å²) < 4.78 is 13.5. The Hall–Kier alpha value is -4.20. The fourth-order valence-corrected chi connectivity index (χ4v) is 8.03. The van der Waals surface area contributed by atoms with Crippen LogP contribution in [0.1, 0.15) is 69.6 Å². The number of hydrogen-bond acceptors (Lipinski definition) is 10. The zero-order valence-electron chi connectivity index (χ0n) is 30.1. The third kappa shape index (κ3) is 8.79. The lowest BCUT2D eigenvalue weighted by atomic mass is 9.99. The average Bonchev–Trinajstić information content (AvgIpc) is 3.77. The fraction of sp³-hybridized carbons (Fsp3) is 0.350. The van der Waals surface area contributed by atoms with E-state index in [2.05, 4.69) is 51.0 Å². The molecule has 1 atom stereocenters. The first-order valence-corrected chi connectivity index (χ1v) is 18.8. The van der Waals surface area contributed by atoms with Gasteiger partial charge in [0.25, 0.3) is 0 Å². The number of carbonyl (C=O) groups is 2. The number of ketones is 2. The van der Waals surface area contributed by atoms with Crippen molar-refractivity contribution in [3.63, 3.8) is 0 Å². The van der Waals surface area contributed by atoms with E-state index in [0.717, 1.165) is 61.3 Å². The Labute approximate surface area is 325 Å². The zero-order valence-corrected chi connectivity index (χ0v) is 32.6. The first-order chi connectivity index (χ1) is 25.2. The van der Waals surface area contributed by atoms with Gasteiger partial charge in [-0.1, -0.05) is 41.9 Å². The lowest BCUT2D eigenvalue weighted by Gasteiger charge is -2.12. The monoisotopic (exact) mass is 770 g/mol. The van der Waals surface area contributed by atoms with Crippen molar-refractivity contribution in [1.82, 2.24) is 19.7 Å². The van der Waals surface area contributed by atoms with Crippen LogP contribution in [0.15, 0.2) is 65.8 Å². The van der Waals surface area contributed by atoms with Crippen molar-refractivity contribution in [1.29, 1.82) is 0 Å². The predicted molar refractivity (Wildman–Crippen MR) is 215 cm³/mol. The molecule has 13 heteroatoms. The number of aryl methyl sites for hydroxylation is 2. The number of halogens is 1. The number of ether oxygens (including phenoxy) is 2. The van der Waals surface area contributed by atoms with Crippen LogP contribution in [-0.2, 0) is 31.9 Å². The molecule has 3 aromatic heterocycles. The van der Waals surface area contributed by atoms with Gasteiger partial charge in [-0.05, 0) is 73.7 Å². The maximum Gasteiger partial charge on any atom is 0.163 e. The van der Waals surface area contributed by atoms with Crippen LogP contribution in [-0.4, -0.2) is 70.0 Å². The largest absolute Gasteiger partial charge is 0.379 e. The van der Waals surface area contributed by atoms with E-state index in [4.69, 9.17) is 26.1 Å². The number of pyridine rings is 1. The second-order valence-electron chi connectivity index (χ2n) is 13.2. The molecular formula is C40H43ClN6O4S2. The first kappa shape index (κ1) is 38.5. The van der Waals surface area contributed by atoms with Crippen molar-refractivity contribution in [2.24, 2.45) is 4.99 Å². The van der Waals surface area contributed by atoms with Crippen LogP contribution in [0.3, 0.4) is 0 Å². The second-order valence-corrected chi connectivity index (χ2v) is 14.8. The summed E-state index contributed by atoms with van der Waals surface area (Å²) >= 11 is 7.92. The van der Waals surface area contributed by atoms with Crippen LogP contribution in [0.2, 0.25) is 5.02 Å². The predicted octanol–water partition coefficient (Wildman–Crippen LogP) is 7.53. The van der Waals surface area contributed by atoms with E-state index >= 15 is 0 Å². The summed E-state index contributed by atoms with van der Waals surface area (Å²) in [6.45, 7) is 8.68. The smallest absolute Gasteiger partial charge is 0.163 e. The van der Waals surface area contributed by atoms with Crippen LogP contribution >= 0.6 is 36.4 Å². The molecule has 7 rings (SSSR count). The van der Waals surface area contributed by atoms with Crippen LogP contribution in [0.25, 0.3) is 16.1 Å². The van der Waals surface area contributed by atoms with Crippen molar-refractivity contribution in [2.45, 2.75) is 58.9 Å². The SMILES string of the molecule is Cc1sc2c(c1C)C(c1ccc(Cl)cc1)=N[C@@H](CC(=O)CCCOCCOCCNc1ccc(-c3ccc4c(c3)CC(=O)C4)cn1)c1nnc(C)n1-2.S. The molecule has 0 amide bonds. The summed E-state index contributed by atoms with van der Waals surface area (Å²) in [5.41, 5.74) is 8.34. The molecule has 0 bridgehead atoms. The highest BCUT2D eigenvalue weighted by Gasteiger charge is 2.32. The van der Waals surface area contributed by atoms with Gasteiger partial charge in [-0.25, -0.2) is 4.98 Å². The second kappa shape index (κ2) is 17.3. The third-order valence-electron chi connectivity index (χ3n) is 9.53. The van der Waals surface area contributed by atoms with Gasteiger partial charge in [0, 0.05) is 71.6 Å². The molecule has 0 saturated carbocycles. The maximum absolute atomic E-state index is 13.3. The number of thiophene rings is 1. The summed E-state index contributed by atoms with van der Waals surface area (Å²) in [5.74, 6) is 2.61. The van der Waals surface area contributed by atoms with E-state index in [1.807, 2.05) is 55.6 Å². The first-order valence-electron chi connectivity index (χ1n) is 17.6. The Morgan fingerprint density at radius 2 is 1.66 bits per heavy atom. The number of nitrogens with one attached hydrogen (secondary N) is 1. The highest BCUT2D eigenvalue weighted by Crippen LogP contribution is 2.40. The Morgan fingerprint density at radius 1 is 0.925 bits per heavy atom. The van der Waals surface area contributed by atoms with Gasteiger partial charge in [0.15, 0.2) is 5.82 Å². The highest BCUT2D eigenvalue weighted by molar-refractivity contribution is 7.59. The molecule has 276 valence electrons. The molecule has 2 aliphatic rings. The number of benzene rings is 2. The maximum atomic E-state index is 13.3. The lowest BCUT2D eigenvalue weighted by molar-refractivity contribution is -0.120. The third-order valence-corrected chi connectivity index (χ3v) is 11.0. The van der Waals surface area contributed by atoms with E-state index in [1.54, 1.807) is 11.3 Å².